The highest BCUT2D eigenvalue weighted by Crippen LogP contribution is 2.31. The second-order valence-electron chi connectivity index (χ2n) is 5.41. The summed E-state index contributed by atoms with van der Waals surface area (Å²) in [7, 11) is 1.36. The van der Waals surface area contributed by atoms with Crippen molar-refractivity contribution in [3.63, 3.8) is 0 Å². The van der Waals surface area contributed by atoms with Gasteiger partial charge in [0.25, 0.3) is 0 Å². The van der Waals surface area contributed by atoms with Gasteiger partial charge in [0.15, 0.2) is 6.29 Å². The minimum absolute atomic E-state index is 0.348. The monoisotopic (exact) mass is 293 g/mol. The molecule has 2 fully saturated rings. The van der Waals surface area contributed by atoms with Crippen molar-refractivity contribution in [2.45, 2.75) is 49.3 Å². The Labute approximate surface area is 116 Å². The van der Waals surface area contributed by atoms with Gasteiger partial charge in [0.1, 0.15) is 12.2 Å². The fourth-order valence-electron chi connectivity index (χ4n) is 2.95. The van der Waals surface area contributed by atoms with Crippen LogP contribution in [-0.2, 0) is 9.47 Å². The van der Waals surface area contributed by atoms with Gasteiger partial charge < -0.3 is 40.3 Å². The maximum atomic E-state index is 10.4. The molecule has 0 aliphatic carbocycles. The lowest BCUT2D eigenvalue weighted by molar-refractivity contribution is -0.294. The molecule has 20 heavy (non-hydrogen) atoms. The summed E-state index contributed by atoms with van der Waals surface area (Å²) in [6, 6.07) is -0.413. The van der Waals surface area contributed by atoms with Crippen molar-refractivity contribution in [2.24, 2.45) is 5.92 Å². The van der Waals surface area contributed by atoms with Crippen LogP contribution < -0.4 is 5.32 Å². The van der Waals surface area contributed by atoms with Crippen LogP contribution in [0.3, 0.4) is 0 Å². The number of aliphatic hydroxyl groups excluding tert-OH is 5. The van der Waals surface area contributed by atoms with E-state index in [1.807, 2.05) is 0 Å². The van der Waals surface area contributed by atoms with E-state index < -0.39 is 55.4 Å². The summed E-state index contributed by atoms with van der Waals surface area (Å²) in [4.78, 5) is 0. The molecule has 8 atom stereocenters. The smallest absolute Gasteiger partial charge is 0.165 e. The zero-order valence-corrected chi connectivity index (χ0v) is 11.3. The van der Waals surface area contributed by atoms with Gasteiger partial charge in [-0.2, -0.15) is 0 Å². The fourth-order valence-corrected chi connectivity index (χ4v) is 2.95. The molecule has 0 aromatic carbocycles. The molecule has 6 N–H and O–H groups in total. The normalized spacial score (nSPS) is 47.4. The van der Waals surface area contributed by atoms with Crippen LogP contribution in [0.2, 0.25) is 0 Å². The molecule has 2 saturated heterocycles. The maximum absolute atomic E-state index is 10.4. The van der Waals surface area contributed by atoms with Crippen LogP contribution >= 0.6 is 0 Å². The van der Waals surface area contributed by atoms with E-state index in [1.165, 1.54) is 7.11 Å². The van der Waals surface area contributed by atoms with Crippen molar-refractivity contribution < 1.29 is 35.0 Å². The Morgan fingerprint density at radius 2 is 2.00 bits per heavy atom. The molecule has 2 aliphatic rings. The number of hydrogen-bond donors (Lipinski definition) is 6. The van der Waals surface area contributed by atoms with Gasteiger partial charge in [0.2, 0.25) is 0 Å². The second-order valence-corrected chi connectivity index (χ2v) is 5.41. The summed E-state index contributed by atoms with van der Waals surface area (Å²) in [6.07, 6.45) is -5.76. The fraction of sp³-hybridized carbons (Fsp3) is 1.00. The van der Waals surface area contributed by atoms with E-state index in [-0.39, 0.29) is 0 Å². The molecular formula is C12H23NO7. The van der Waals surface area contributed by atoms with Crippen molar-refractivity contribution in [3.8, 4) is 0 Å². The van der Waals surface area contributed by atoms with E-state index in [2.05, 4.69) is 5.32 Å². The van der Waals surface area contributed by atoms with Crippen LogP contribution in [0.5, 0.6) is 0 Å². The number of β-amino-alcohol motifs (C(OH)–C–C–N with tert-alkyl or cyclic N) is 1. The molecule has 0 bridgehead atoms. The summed E-state index contributed by atoms with van der Waals surface area (Å²) in [5, 5.41) is 52.0. The molecule has 8 nitrogen and oxygen atoms in total. The predicted octanol–water partition coefficient (Wildman–Crippen LogP) is -3.23. The van der Waals surface area contributed by atoms with Crippen LogP contribution in [0, 0.1) is 5.92 Å². The topological polar surface area (TPSA) is 132 Å². The first-order valence-electron chi connectivity index (χ1n) is 6.74. The van der Waals surface area contributed by atoms with Crippen molar-refractivity contribution in [3.05, 3.63) is 0 Å². The number of rotatable bonds is 4. The third-order valence-corrected chi connectivity index (χ3v) is 4.11. The molecule has 0 aromatic heterocycles. The first-order valence-corrected chi connectivity index (χ1v) is 6.74. The van der Waals surface area contributed by atoms with E-state index in [1.54, 1.807) is 0 Å². The average Bonchev–Trinajstić information content (AvgIpc) is 2.87. The lowest BCUT2D eigenvalue weighted by Crippen LogP contribution is -2.61. The van der Waals surface area contributed by atoms with Crippen molar-refractivity contribution >= 4 is 0 Å². The Balaban J connectivity index is 2.11. The lowest BCUT2D eigenvalue weighted by Gasteiger charge is -2.44. The van der Waals surface area contributed by atoms with Gasteiger partial charge in [0.05, 0.1) is 30.8 Å². The minimum atomic E-state index is -1.31. The number of hydrogen-bond acceptors (Lipinski definition) is 8. The Hall–Kier alpha value is -0.320. The van der Waals surface area contributed by atoms with E-state index in [9.17, 15) is 20.4 Å². The Kier molecular flexibility index (Phi) is 5.32. The molecule has 0 saturated carbocycles. The van der Waals surface area contributed by atoms with Gasteiger partial charge in [-0.05, 0) is 6.42 Å². The average molecular weight is 293 g/mol. The van der Waals surface area contributed by atoms with Gasteiger partial charge in [-0.1, -0.05) is 0 Å². The molecule has 0 aromatic rings. The molecule has 118 valence electrons. The van der Waals surface area contributed by atoms with Crippen LogP contribution in [0.25, 0.3) is 0 Å². The zero-order valence-electron chi connectivity index (χ0n) is 11.3. The van der Waals surface area contributed by atoms with Crippen molar-refractivity contribution in [1.82, 2.24) is 5.32 Å². The largest absolute Gasteiger partial charge is 0.394 e. The highest BCUT2D eigenvalue weighted by molar-refractivity contribution is 4.98. The molecule has 0 radical (unpaired) electrons. The quantitative estimate of drug-likeness (QED) is 0.319. The van der Waals surface area contributed by atoms with Crippen LogP contribution in [0.1, 0.15) is 6.42 Å². The lowest BCUT2D eigenvalue weighted by atomic mass is 9.83. The molecule has 0 spiro atoms. The van der Waals surface area contributed by atoms with Gasteiger partial charge in [-0.25, -0.2) is 0 Å². The number of nitrogens with one attached hydrogen (secondary N) is 1. The van der Waals surface area contributed by atoms with E-state index >= 15 is 0 Å². The van der Waals surface area contributed by atoms with Crippen LogP contribution in [0.4, 0.5) is 0 Å². The Morgan fingerprint density at radius 3 is 2.50 bits per heavy atom. The Morgan fingerprint density at radius 1 is 1.30 bits per heavy atom. The van der Waals surface area contributed by atoms with E-state index in [4.69, 9.17) is 14.6 Å². The summed E-state index contributed by atoms with van der Waals surface area (Å²) >= 11 is 0. The van der Waals surface area contributed by atoms with Crippen LogP contribution in [0.15, 0.2) is 0 Å². The summed E-state index contributed by atoms with van der Waals surface area (Å²) < 4.78 is 10.5. The standard InChI is InChI=1S/C12H23NO7/c1-19-12-8(9(16)6-2-5(15)3-13-6)11(18)10(17)7(4-14)20-12/h5-18H,2-4H2,1H3/t5-,6+,7-,8-,9?,10-,11-,12+/m1/s1. The van der Waals surface area contributed by atoms with E-state index in [0.717, 1.165) is 0 Å². The third-order valence-electron chi connectivity index (χ3n) is 4.11. The van der Waals surface area contributed by atoms with Gasteiger partial charge >= 0.3 is 0 Å². The predicted molar refractivity (Wildman–Crippen MR) is 66.7 cm³/mol. The summed E-state index contributed by atoms with van der Waals surface area (Å²) in [5.74, 6) is -0.874. The number of aliphatic hydroxyl groups is 5. The highest BCUT2D eigenvalue weighted by Gasteiger charge is 2.50. The van der Waals surface area contributed by atoms with Gasteiger partial charge in [0, 0.05) is 19.7 Å². The van der Waals surface area contributed by atoms with Crippen molar-refractivity contribution in [2.75, 3.05) is 20.3 Å². The maximum Gasteiger partial charge on any atom is 0.165 e. The number of ether oxygens (including phenoxy) is 2. The molecule has 8 heteroatoms. The van der Waals surface area contributed by atoms with Gasteiger partial charge in [-0.3, -0.25) is 0 Å². The molecule has 0 amide bonds. The molecule has 2 heterocycles. The van der Waals surface area contributed by atoms with E-state index in [0.29, 0.717) is 13.0 Å². The first kappa shape index (κ1) is 16.1. The molecule has 2 rings (SSSR count). The SMILES string of the molecule is CO[C@H]1O[C@H](CO)[C@@H](O)[C@H](O)[C@H]1C(O)[C@@H]1C[C@@H](O)CN1. The molecular weight excluding hydrogens is 270 g/mol. The van der Waals surface area contributed by atoms with Crippen LogP contribution in [-0.4, -0.2) is 88.6 Å². The number of methoxy groups -OCH3 is 1. The molecule has 2 aliphatic heterocycles. The van der Waals surface area contributed by atoms with Crippen molar-refractivity contribution in [1.29, 1.82) is 0 Å². The zero-order chi connectivity index (χ0) is 14.9. The Bertz CT molecular complexity index is 316. The second kappa shape index (κ2) is 6.63. The first-order chi connectivity index (χ1) is 9.49. The highest BCUT2D eigenvalue weighted by atomic mass is 16.7. The molecule has 1 unspecified atom stereocenters. The van der Waals surface area contributed by atoms with Gasteiger partial charge in [-0.15, -0.1) is 0 Å². The minimum Gasteiger partial charge on any atom is -0.394 e. The summed E-state index contributed by atoms with van der Waals surface area (Å²) in [5.41, 5.74) is 0. The summed E-state index contributed by atoms with van der Waals surface area (Å²) in [6.45, 7) is -0.0911. The third kappa shape index (κ3) is 2.97.